The summed E-state index contributed by atoms with van der Waals surface area (Å²) in [6.45, 7) is 6.27. The number of piperazine rings is 1. The Labute approximate surface area is 192 Å². The largest absolute Gasteiger partial charge is 0.497 e. The van der Waals surface area contributed by atoms with E-state index < -0.39 is 0 Å². The number of nitrogens with zero attached hydrogens (tertiary/aromatic N) is 2. The Morgan fingerprint density at radius 3 is 2.27 bits per heavy atom. The highest BCUT2D eigenvalue weighted by Crippen LogP contribution is 2.32. The van der Waals surface area contributed by atoms with Crippen molar-refractivity contribution in [1.29, 1.82) is 0 Å². The zero-order valence-electron chi connectivity index (χ0n) is 18.1. The molecular weight excluding hydrogens is 429 g/mol. The van der Waals surface area contributed by atoms with E-state index in [1.54, 1.807) is 21.3 Å². The van der Waals surface area contributed by atoms with Crippen molar-refractivity contribution in [2.24, 2.45) is 5.41 Å². The first kappa shape index (κ1) is 26.8. The molecule has 3 rings (SSSR count). The van der Waals surface area contributed by atoms with Crippen molar-refractivity contribution in [2.45, 2.75) is 19.4 Å². The van der Waals surface area contributed by atoms with E-state index in [4.69, 9.17) is 14.2 Å². The third-order valence-corrected chi connectivity index (χ3v) is 5.98. The van der Waals surface area contributed by atoms with Gasteiger partial charge in [0.2, 0.25) is 5.91 Å². The van der Waals surface area contributed by atoms with E-state index in [9.17, 15) is 4.79 Å². The second-order valence-corrected chi connectivity index (χ2v) is 7.71. The molecule has 2 aliphatic heterocycles. The molecular formula is C21H35Cl2N3O4. The minimum atomic E-state index is -0.363. The number of benzene rings is 1. The van der Waals surface area contributed by atoms with Crippen molar-refractivity contribution < 1.29 is 19.0 Å². The number of methoxy groups -OCH3 is 3. The maximum absolute atomic E-state index is 13.3. The van der Waals surface area contributed by atoms with Crippen molar-refractivity contribution >= 4 is 30.7 Å². The fraction of sp³-hybridized carbons (Fsp3) is 0.667. The zero-order chi connectivity index (χ0) is 20.0. The van der Waals surface area contributed by atoms with Crippen LogP contribution in [0.15, 0.2) is 18.2 Å². The molecule has 9 heteroatoms. The number of carbonyl (C=O) groups excluding carboxylic acids is 1. The average molecular weight is 464 g/mol. The van der Waals surface area contributed by atoms with Crippen LogP contribution < -0.4 is 14.8 Å². The summed E-state index contributed by atoms with van der Waals surface area (Å²) in [5.41, 5.74) is 0.744. The van der Waals surface area contributed by atoms with Gasteiger partial charge in [0, 0.05) is 45.4 Å². The summed E-state index contributed by atoms with van der Waals surface area (Å²) in [5, 5.41) is 3.35. The van der Waals surface area contributed by atoms with Gasteiger partial charge in [-0.25, -0.2) is 0 Å². The fourth-order valence-electron chi connectivity index (χ4n) is 4.29. The number of hydrogen-bond acceptors (Lipinski definition) is 6. The number of carbonyl (C=O) groups is 1. The normalized spacial score (nSPS) is 18.7. The molecule has 1 aromatic carbocycles. The average Bonchev–Trinajstić information content (AvgIpc) is 2.74. The van der Waals surface area contributed by atoms with Crippen molar-refractivity contribution in [3.63, 3.8) is 0 Å². The van der Waals surface area contributed by atoms with Crippen LogP contribution in [-0.4, -0.2) is 82.9 Å². The van der Waals surface area contributed by atoms with Gasteiger partial charge in [0.15, 0.2) is 0 Å². The number of amides is 1. The predicted molar refractivity (Wildman–Crippen MR) is 122 cm³/mol. The molecule has 2 heterocycles. The molecule has 0 saturated carbocycles. The Morgan fingerprint density at radius 2 is 1.70 bits per heavy atom. The second-order valence-electron chi connectivity index (χ2n) is 7.71. The minimum absolute atomic E-state index is 0. The molecule has 0 aromatic heterocycles. The molecule has 0 radical (unpaired) electrons. The van der Waals surface area contributed by atoms with Crippen LogP contribution in [0.3, 0.4) is 0 Å². The minimum Gasteiger partial charge on any atom is -0.497 e. The maximum Gasteiger partial charge on any atom is 0.231 e. The van der Waals surface area contributed by atoms with Crippen LogP contribution >= 0.6 is 24.8 Å². The quantitative estimate of drug-likeness (QED) is 0.668. The molecule has 1 aromatic rings. The fourth-order valence-corrected chi connectivity index (χ4v) is 4.29. The molecule has 1 amide bonds. The van der Waals surface area contributed by atoms with Gasteiger partial charge in [0.25, 0.3) is 0 Å². The zero-order valence-corrected chi connectivity index (χ0v) is 19.8. The van der Waals surface area contributed by atoms with Gasteiger partial charge in [0.05, 0.1) is 26.2 Å². The number of nitrogens with one attached hydrogen (secondary N) is 1. The number of piperidine rings is 1. The lowest BCUT2D eigenvalue weighted by Crippen LogP contribution is -2.56. The second kappa shape index (κ2) is 12.6. The van der Waals surface area contributed by atoms with Crippen LogP contribution in [-0.2, 0) is 16.1 Å². The molecule has 7 nitrogen and oxygen atoms in total. The number of rotatable bonds is 7. The third kappa shape index (κ3) is 6.14. The smallest absolute Gasteiger partial charge is 0.231 e. The van der Waals surface area contributed by atoms with Gasteiger partial charge in [-0.3, -0.25) is 9.69 Å². The molecule has 1 N–H and O–H groups in total. The summed E-state index contributed by atoms with van der Waals surface area (Å²) in [4.78, 5) is 17.7. The highest BCUT2D eigenvalue weighted by atomic mass is 35.5. The summed E-state index contributed by atoms with van der Waals surface area (Å²) >= 11 is 0. The molecule has 0 aliphatic carbocycles. The van der Waals surface area contributed by atoms with Gasteiger partial charge >= 0.3 is 0 Å². The first-order chi connectivity index (χ1) is 13.6. The molecule has 2 aliphatic rings. The standard InChI is InChI=1S/C21H33N3O4.2ClH/c1-26-16-21(6-8-22-9-7-21)20(25)24-12-10-23(11-13-24)15-17-14-18(27-2)4-5-19(17)28-3;;/h4-5,14,22H,6-13,15-16H2,1-3H3;2*1H. The Bertz CT molecular complexity index is 658. The van der Waals surface area contributed by atoms with Gasteiger partial charge in [-0.1, -0.05) is 0 Å². The number of halogens is 2. The van der Waals surface area contributed by atoms with E-state index in [0.717, 1.165) is 75.7 Å². The Hall–Kier alpha value is -1.25. The van der Waals surface area contributed by atoms with Crippen LogP contribution in [0, 0.1) is 5.41 Å². The van der Waals surface area contributed by atoms with Crippen LogP contribution in [0.4, 0.5) is 0 Å². The van der Waals surface area contributed by atoms with Crippen molar-refractivity contribution in [1.82, 2.24) is 15.1 Å². The van der Waals surface area contributed by atoms with Crippen molar-refractivity contribution in [3.8, 4) is 11.5 Å². The molecule has 0 unspecified atom stereocenters. The van der Waals surface area contributed by atoms with Gasteiger partial charge in [-0.05, 0) is 44.1 Å². The molecule has 30 heavy (non-hydrogen) atoms. The Kier molecular flexibility index (Phi) is 11.2. The van der Waals surface area contributed by atoms with E-state index in [-0.39, 0.29) is 36.1 Å². The van der Waals surface area contributed by atoms with Crippen LogP contribution in [0.1, 0.15) is 18.4 Å². The first-order valence-corrected chi connectivity index (χ1v) is 10.0. The highest BCUT2D eigenvalue weighted by molar-refractivity contribution is 5.85. The lowest BCUT2D eigenvalue weighted by molar-refractivity contribution is -0.149. The summed E-state index contributed by atoms with van der Waals surface area (Å²) in [6, 6.07) is 5.88. The third-order valence-electron chi connectivity index (χ3n) is 5.98. The lowest BCUT2D eigenvalue weighted by atomic mass is 9.78. The van der Waals surface area contributed by atoms with Gasteiger partial charge in [-0.2, -0.15) is 0 Å². The van der Waals surface area contributed by atoms with E-state index >= 15 is 0 Å². The van der Waals surface area contributed by atoms with Gasteiger partial charge in [-0.15, -0.1) is 24.8 Å². The number of ether oxygens (including phenoxy) is 3. The van der Waals surface area contributed by atoms with Gasteiger partial charge in [0.1, 0.15) is 11.5 Å². The lowest BCUT2D eigenvalue weighted by Gasteiger charge is -2.42. The van der Waals surface area contributed by atoms with Crippen LogP contribution in [0.25, 0.3) is 0 Å². The topological polar surface area (TPSA) is 63.3 Å². The summed E-state index contributed by atoms with van der Waals surface area (Å²) in [6.07, 6.45) is 1.70. The van der Waals surface area contributed by atoms with Crippen LogP contribution in [0.5, 0.6) is 11.5 Å². The van der Waals surface area contributed by atoms with E-state index in [1.807, 2.05) is 23.1 Å². The van der Waals surface area contributed by atoms with E-state index in [0.29, 0.717) is 6.61 Å². The summed E-state index contributed by atoms with van der Waals surface area (Å²) in [5.74, 6) is 1.96. The molecule has 0 bridgehead atoms. The Morgan fingerprint density at radius 1 is 1.03 bits per heavy atom. The maximum atomic E-state index is 13.3. The van der Waals surface area contributed by atoms with E-state index in [2.05, 4.69) is 10.2 Å². The first-order valence-electron chi connectivity index (χ1n) is 10.0. The molecule has 2 fully saturated rings. The SMILES string of the molecule is COCC1(C(=O)N2CCN(Cc3cc(OC)ccc3OC)CC2)CCNCC1.Cl.Cl. The van der Waals surface area contributed by atoms with E-state index in [1.165, 1.54) is 0 Å². The predicted octanol–water partition coefficient (Wildman–Crippen LogP) is 2.21. The van der Waals surface area contributed by atoms with Crippen molar-refractivity contribution in [3.05, 3.63) is 23.8 Å². The van der Waals surface area contributed by atoms with Gasteiger partial charge < -0.3 is 24.4 Å². The highest BCUT2D eigenvalue weighted by Gasteiger charge is 2.42. The molecule has 0 spiro atoms. The molecule has 172 valence electrons. The summed E-state index contributed by atoms with van der Waals surface area (Å²) < 4.78 is 16.3. The molecule has 2 saturated heterocycles. The van der Waals surface area contributed by atoms with Crippen LogP contribution in [0.2, 0.25) is 0 Å². The van der Waals surface area contributed by atoms with Crippen molar-refractivity contribution in [2.75, 3.05) is 67.2 Å². The molecule has 0 atom stereocenters. The Balaban J connectivity index is 0.00000225. The summed E-state index contributed by atoms with van der Waals surface area (Å²) in [7, 11) is 5.05. The monoisotopic (exact) mass is 463 g/mol. The number of hydrogen-bond donors (Lipinski definition) is 1.